The molecule has 7 heteroatoms. The lowest BCUT2D eigenvalue weighted by Crippen LogP contribution is -2.50. The van der Waals surface area contributed by atoms with E-state index in [-0.39, 0.29) is 31.6 Å². The summed E-state index contributed by atoms with van der Waals surface area (Å²) in [5.74, 6) is -1.07. The Labute approximate surface area is 222 Å². The Balaban J connectivity index is 1.46. The minimum absolute atomic E-state index is 0.0243. The molecule has 0 radical (unpaired) electrons. The number of carboxylic acid groups (broad SMARTS) is 1. The highest BCUT2D eigenvalue weighted by Gasteiger charge is 2.40. The van der Waals surface area contributed by atoms with Crippen molar-refractivity contribution in [1.82, 2.24) is 4.90 Å². The van der Waals surface area contributed by atoms with Crippen molar-refractivity contribution in [3.63, 3.8) is 0 Å². The Morgan fingerprint density at radius 2 is 1.68 bits per heavy atom. The number of hydrogen-bond donors (Lipinski definition) is 1. The molecule has 0 bridgehead atoms. The Bertz CT molecular complexity index is 1330. The molecular formula is C31H30N2O5. The minimum Gasteiger partial charge on any atom is -0.500 e. The van der Waals surface area contributed by atoms with Gasteiger partial charge < -0.3 is 19.5 Å². The van der Waals surface area contributed by atoms with Crippen molar-refractivity contribution in [3.05, 3.63) is 106 Å². The van der Waals surface area contributed by atoms with E-state index in [9.17, 15) is 14.7 Å². The predicted octanol–water partition coefficient (Wildman–Crippen LogP) is 5.85. The van der Waals surface area contributed by atoms with E-state index in [1.807, 2.05) is 60.7 Å². The molecule has 0 aromatic heterocycles. The SMILES string of the molecule is [C-]#[N+]c1ccc2c(c1OCc1ccccc1)C[C@H](C(=O)O)N(C(=O)[C@@H](OC1CCCC1)c1ccccc1)C2. The maximum Gasteiger partial charge on any atom is 0.326 e. The summed E-state index contributed by atoms with van der Waals surface area (Å²) >= 11 is 0. The molecule has 194 valence electrons. The minimum atomic E-state index is -1.10. The molecule has 1 aliphatic heterocycles. The zero-order chi connectivity index (χ0) is 26.5. The summed E-state index contributed by atoms with van der Waals surface area (Å²) in [4.78, 5) is 31.5. The molecule has 0 unspecified atom stereocenters. The predicted molar refractivity (Wildman–Crippen MR) is 142 cm³/mol. The number of nitrogens with zero attached hydrogens (tertiary/aromatic N) is 2. The highest BCUT2D eigenvalue weighted by molar-refractivity contribution is 5.88. The number of carboxylic acids is 1. The molecule has 1 N–H and O–H groups in total. The topological polar surface area (TPSA) is 80.4 Å². The molecule has 1 heterocycles. The first-order valence-corrected chi connectivity index (χ1v) is 13.0. The average Bonchev–Trinajstić information content (AvgIpc) is 3.48. The number of aliphatic carboxylic acids is 1. The number of ether oxygens (including phenoxy) is 2. The molecule has 1 saturated carbocycles. The van der Waals surface area contributed by atoms with Crippen molar-refractivity contribution in [2.24, 2.45) is 0 Å². The first-order valence-electron chi connectivity index (χ1n) is 13.0. The number of fused-ring (bicyclic) bond motifs is 1. The van der Waals surface area contributed by atoms with E-state index in [1.54, 1.807) is 12.1 Å². The Kier molecular flexibility index (Phi) is 7.71. The van der Waals surface area contributed by atoms with Crippen LogP contribution in [0.5, 0.6) is 5.75 Å². The average molecular weight is 511 g/mol. The highest BCUT2D eigenvalue weighted by Crippen LogP contribution is 2.40. The third-order valence-electron chi connectivity index (χ3n) is 7.32. The summed E-state index contributed by atoms with van der Waals surface area (Å²) in [6, 6.07) is 21.3. The molecule has 3 aromatic carbocycles. The van der Waals surface area contributed by atoms with E-state index < -0.39 is 18.1 Å². The zero-order valence-corrected chi connectivity index (χ0v) is 21.1. The summed E-state index contributed by atoms with van der Waals surface area (Å²) in [5.41, 5.74) is 3.43. The van der Waals surface area contributed by atoms with Crippen molar-refractivity contribution in [2.75, 3.05) is 0 Å². The third-order valence-corrected chi connectivity index (χ3v) is 7.32. The summed E-state index contributed by atoms with van der Waals surface area (Å²) in [6.07, 6.45) is 3.05. The van der Waals surface area contributed by atoms with Crippen LogP contribution in [0.4, 0.5) is 5.69 Å². The van der Waals surface area contributed by atoms with Gasteiger partial charge in [-0.3, -0.25) is 4.79 Å². The fourth-order valence-electron chi connectivity index (χ4n) is 5.33. The van der Waals surface area contributed by atoms with Crippen LogP contribution in [0, 0.1) is 6.57 Å². The van der Waals surface area contributed by atoms with Crippen LogP contribution in [0.2, 0.25) is 0 Å². The third kappa shape index (κ3) is 5.41. The van der Waals surface area contributed by atoms with Crippen LogP contribution in [-0.4, -0.2) is 34.0 Å². The van der Waals surface area contributed by atoms with Gasteiger partial charge in [0, 0.05) is 13.0 Å². The van der Waals surface area contributed by atoms with Crippen LogP contribution in [0.1, 0.15) is 54.0 Å². The zero-order valence-electron chi connectivity index (χ0n) is 21.1. The van der Waals surface area contributed by atoms with Crippen molar-refractivity contribution in [3.8, 4) is 5.75 Å². The standard InChI is InChI=1S/C31H30N2O5/c1-32-26-17-16-23-19-33(30(34)28(22-12-6-3-7-13-22)38-24-14-8-9-15-24)27(31(35)36)18-25(23)29(26)37-20-21-10-4-2-5-11-21/h2-7,10-13,16-17,24,27-28H,8-9,14-15,18-20H2,(H,35,36)/t27-,28+/m1/s1. The molecule has 0 saturated heterocycles. The van der Waals surface area contributed by atoms with Crippen molar-refractivity contribution >= 4 is 17.6 Å². The highest BCUT2D eigenvalue weighted by atomic mass is 16.5. The van der Waals surface area contributed by atoms with Gasteiger partial charge in [0.25, 0.3) is 5.91 Å². The quantitative estimate of drug-likeness (QED) is 0.384. The van der Waals surface area contributed by atoms with Crippen molar-refractivity contribution in [2.45, 2.75) is 63.5 Å². The van der Waals surface area contributed by atoms with Gasteiger partial charge in [0.05, 0.1) is 12.7 Å². The second-order valence-electron chi connectivity index (χ2n) is 9.80. The van der Waals surface area contributed by atoms with E-state index >= 15 is 0 Å². The van der Waals surface area contributed by atoms with Gasteiger partial charge in [-0.25, -0.2) is 9.64 Å². The maximum absolute atomic E-state index is 14.0. The number of hydrogen-bond acceptors (Lipinski definition) is 4. The fraction of sp³-hybridized carbons (Fsp3) is 0.323. The molecule has 2 atom stereocenters. The Morgan fingerprint density at radius 3 is 2.34 bits per heavy atom. The lowest BCUT2D eigenvalue weighted by atomic mass is 9.91. The molecule has 1 aliphatic carbocycles. The van der Waals surface area contributed by atoms with E-state index in [2.05, 4.69) is 4.85 Å². The molecular weight excluding hydrogens is 480 g/mol. The van der Waals surface area contributed by atoms with Crippen molar-refractivity contribution in [1.29, 1.82) is 0 Å². The van der Waals surface area contributed by atoms with Gasteiger partial charge >= 0.3 is 5.97 Å². The molecule has 1 fully saturated rings. The van der Waals surface area contributed by atoms with Gasteiger partial charge in [-0.2, -0.15) is 0 Å². The fourth-order valence-corrected chi connectivity index (χ4v) is 5.33. The first-order chi connectivity index (χ1) is 18.5. The number of carbonyl (C=O) groups excluding carboxylic acids is 1. The number of amides is 1. The molecule has 38 heavy (non-hydrogen) atoms. The summed E-state index contributed by atoms with van der Waals surface area (Å²) < 4.78 is 12.4. The molecule has 5 rings (SSSR count). The monoisotopic (exact) mass is 510 g/mol. The van der Waals surface area contributed by atoms with Gasteiger partial charge in [-0.15, -0.1) is 0 Å². The van der Waals surface area contributed by atoms with E-state index in [0.29, 0.717) is 17.0 Å². The number of benzene rings is 3. The van der Waals surface area contributed by atoms with Crippen LogP contribution in [-0.2, 0) is 33.9 Å². The molecule has 0 spiro atoms. The van der Waals surface area contributed by atoms with Crippen LogP contribution in [0.25, 0.3) is 4.85 Å². The molecule has 2 aliphatic rings. The number of carbonyl (C=O) groups is 2. The Hall–Kier alpha value is -4.15. The van der Waals surface area contributed by atoms with Crippen LogP contribution < -0.4 is 4.74 Å². The van der Waals surface area contributed by atoms with Gasteiger partial charge in [0.1, 0.15) is 18.4 Å². The lowest BCUT2D eigenvalue weighted by molar-refractivity contribution is -0.160. The Morgan fingerprint density at radius 1 is 1.00 bits per heavy atom. The summed E-state index contributed by atoms with van der Waals surface area (Å²) in [5, 5.41) is 10.2. The summed E-state index contributed by atoms with van der Waals surface area (Å²) in [6.45, 7) is 7.99. The molecule has 7 nitrogen and oxygen atoms in total. The number of rotatable bonds is 8. The summed E-state index contributed by atoms with van der Waals surface area (Å²) in [7, 11) is 0. The smallest absolute Gasteiger partial charge is 0.326 e. The van der Waals surface area contributed by atoms with E-state index in [4.69, 9.17) is 16.0 Å². The van der Waals surface area contributed by atoms with Crippen molar-refractivity contribution < 1.29 is 24.2 Å². The normalized spacial score (nSPS) is 17.9. The van der Waals surface area contributed by atoms with Crippen LogP contribution in [0.15, 0.2) is 72.8 Å². The largest absolute Gasteiger partial charge is 0.500 e. The van der Waals surface area contributed by atoms with Gasteiger partial charge in [0.15, 0.2) is 6.10 Å². The molecule has 3 aromatic rings. The second kappa shape index (κ2) is 11.5. The van der Waals surface area contributed by atoms with Gasteiger partial charge in [-0.05, 0) is 35.1 Å². The van der Waals surface area contributed by atoms with E-state index in [0.717, 1.165) is 42.4 Å². The maximum atomic E-state index is 14.0. The van der Waals surface area contributed by atoms with Gasteiger partial charge in [0.2, 0.25) is 5.69 Å². The lowest BCUT2D eigenvalue weighted by Gasteiger charge is -2.38. The van der Waals surface area contributed by atoms with Gasteiger partial charge in [-0.1, -0.05) is 85.6 Å². The second-order valence-corrected chi connectivity index (χ2v) is 9.80. The first kappa shape index (κ1) is 25.5. The van der Waals surface area contributed by atoms with Crippen LogP contribution >= 0.6 is 0 Å². The van der Waals surface area contributed by atoms with E-state index in [1.165, 1.54) is 4.90 Å². The van der Waals surface area contributed by atoms with Crippen LogP contribution in [0.3, 0.4) is 0 Å². The molecule has 1 amide bonds.